The van der Waals surface area contributed by atoms with Gasteiger partial charge in [-0.2, -0.15) is 5.26 Å². The van der Waals surface area contributed by atoms with Crippen LogP contribution in [0.1, 0.15) is 31.0 Å². The molecule has 0 bridgehead atoms. The van der Waals surface area contributed by atoms with E-state index in [1.54, 1.807) is 19.1 Å². The minimum atomic E-state index is -1.49. The summed E-state index contributed by atoms with van der Waals surface area (Å²) < 4.78 is 0. The number of nitrogens with one attached hydrogen (secondary N) is 1. The van der Waals surface area contributed by atoms with Crippen LogP contribution < -0.4 is 10.2 Å². The highest BCUT2D eigenvalue weighted by molar-refractivity contribution is 6.33. The fourth-order valence-corrected chi connectivity index (χ4v) is 4.32. The lowest BCUT2D eigenvalue weighted by molar-refractivity contribution is -0.140. The normalized spacial score (nSPS) is 18.8. The third kappa shape index (κ3) is 5.50. The van der Waals surface area contributed by atoms with Crippen LogP contribution in [0.15, 0.2) is 42.5 Å². The summed E-state index contributed by atoms with van der Waals surface area (Å²) in [5, 5.41) is 23.7. The van der Waals surface area contributed by atoms with Gasteiger partial charge in [-0.15, -0.1) is 0 Å². The molecule has 2 aromatic carbocycles. The second-order valence-corrected chi connectivity index (χ2v) is 8.75. The molecule has 1 fully saturated rings. The third-order valence-corrected chi connectivity index (χ3v) is 6.02. The molecule has 1 saturated heterocycles. The van der Waals surface area contributed by atoms with Crippen molar-refractivity contribution in [2.24, 2.45) is 0 Å². The summed E-state index contributed by atoms with van der Waals surface area (Å²) in [6, 6.07) is 15.0. The second-order valence-electron chi connectivity index (χ2n) is 7.91. The van der Waals surface area contributed by atoms with Crippen LogP contribution in [0.5, 0.6) is 0 Å². The Kier molecular flexibility index (Phi) is 7.45. The highest BCUT2D eigenvalue weighted by Gasteiger charge is 2.36. The number of nitrogens with zero attached hydrogens (tertiary/aromatic N) is 3. The molecule has 1 amide bonds. The number of likely N-dealkylation sites (N-methyl/N-ethyl adjacent to an activating group) is 1. The van der Waals surface area contributed by atoms with Gasteiger partial charge in [-0.3, -0.25) is 9.69 Å². The summed E-state index contributed by atoms with van der Waals surface area (Å²) >= 11 is 12.6. The summed E-state index contributed by atoms with van der Waals surface area (Å²) in [4.78, 5) is 16.5. The van der Waals surface area contributed by atoms with E-state index in [4.69, 9.17) is 28.5 Å². The number of amides is 1. The van der Waals surface area contributed by atoms with Gasteiger partial charge in [0, 0.05) is 37.7 Å². The maximum atomic E-state index is 12.3. The molecule has 3 rings (SSSR count). The van der Waals surface area contributed by atoms with Gasteiger partial charge in [0.15, 0.2) is 5.60 Å². The van der Waals surface area contributed by atoms with Gasteiger partial charge in [-0.25, -0.2) is 0 Å². The van der Waals surface area contributed by atoms with Crippen molar-refractivity contribution in [1.29, 1.82) is 5.26 Å². The molecular weight excluding hydrogens is 435 g/mol. The number of nitriles is 1. The number of rotatable bonds is 6. The van der Waals surface area contributed by atoms with Gasteiger partial charge in [0.2, 0.25) is 0 Å². The van der Waals surface area contributed by atoms with E-state index >= 15 is 0 Å². The van der Waals surface area contributed by atoms with Gasteiger partial charge < -0.3 is 15.3 Å². The molecule has 164 valence electrons. The first kappa shape index (κ1) is 23.4. The molecule has 0 saturated carbocycles. The fourth-order valence-electron chi connectivity index (χ4n) is 3.91. The monoisotopic (exact) mass is 460 g/mol. The number of aliphatic hydroxyl groups is 1. The van der Waals surface area contributed by atoms with E-state index in [2.05, 4.69) is 21.2 Å². The zero-order valence-electron chi connectivity index (χ0n) is 17.6. The van der Waals surface area contributed by atoms with Gasteiger partial charge >= 0.3 is 0 Å². The Bertz CT molecular complexity index is 973. The molecule has 1 aliphatic rings. The number of β-amino-alcohol motifs (C(OH)–C–C–N with tert-alkyl or cyclic N) is 1. The molecule has 0 aliphatic carbocycles. The van der Waals surface area contributed by atoms with Gasteiger partial charge in [0.1, 0.15) is 0 Å². The van der Waals surface area contributed by atoms with Crippen molar-refractivity contribution in [1.82, 2.24) is 10.2 Å². The summed E-state index contributed by atoms with van der Waals surface area (Å²) in [6.07, 6.45) is 0. The van der Waals surface area contributed by atoms with Crippen LogP contribution in [0.3, 0.4) is 0 Å². The molecule has 1 unspecified atom stereocenters. The predicted octanol–water partition coefficient (Wildman–Crippen LogP) is 3.62. The van der Waals surface area contributed by atoms with Gasteiger partial charge in [-0.05, 0) is 49.7 Å². The number of hydrogen-bond donors (Lipinski definition) is 2. The minimum Gasteiger partial charge on any atom is -0.379 e. The lowest BCUT2D eigenvalue weighted by atomic mass is 9.98. The van der Waals surface area contributed by atoms with Crippen LogP contribution in [0.2, 0.25) is 10.0 Å². The second kappa shape index (κ2) is 9.88. The number of anilines is 1. The standard InChI is InChI=1S/C23H26Cl2N4O2/c1-3-27-22(30)23(2,31)15-28-10-11-29(20-9-4-16(13-26)12-19(20)25)21(14-28)17-5-7-18(24)8-6-17/h4-9,12,21,31H,3,10-11,14-15H2,1-2H3,(H,27,30)/t21-,23?/m0/s1. The maximum Gasteiger partial charge on any atom is 0.253 e. The first-order valence-electron chi connectivity index (χ1n) is 10.2. The van der Waals surface area contributed by atoms with Crippen molar-refractivity contribution in [3.63, 3.8) is 0 Å². The van der Waals surface area contributed by atoms with Crippen molar-refractivity contribution >= 4 is 34.8 Å². The number of hydrogen-bond acceptors (Lipinski definition) is 5. The van der Waals surface area contributed by atoms with Crippen LogP contribution in [-0.4, -0.2) is 54.2 Å². The molecule has 0 radical (unpaired) electrons. The first-order valence-corrected chi connectivity index (χ1v) is 11.0. The van der Waals surface area contributed by atoms with Crippen LogP contribution in [-0.2, 0) is 4.79 Å². The van der Waals surface area contributed by atoms with E-state index in [-0.39, 0.29) is 18.5 Å². The number of halogens is 2. The van der Waals surface area contributed by atoms with E-state index in [0.29, 0.717) is 41.8 Å². The Labute approximate surface area is 193 Å². The maximum absolute atomic E-state index is 12.3. The van der Waals surface area contributed by atoms with Crippen LogP contribution in [0.25, 0.3) is 0 Å². The summed E-state index contributed by atoms with van der Waals surface area (Å²) in [5.74, 6) is -0.379. The lowest BCUT2D eigenvalue weighted by Crippen LogP contribution is -2.56. The number of carbonyl (C=O) groups is 1. The Morgan fingerprint density at radius 3 is 2.58 bits per heavy atom. The van der Waals surface area contributed by atoms with Crippen molar-refractivity contribution in [3.8, 4) is 6.07 Å². The summed E-state index contributed by atoms with van der Waals surface area (Å²) in [7, 11) is 0. The largest absolute Gasteiger partial charge is 0.379 e. The zero-order chi connectivity index (χ0) is 22.6. The Morgan fingerprint density at radius 1 is 1.26 bits per heavy atom. The van der Waals surface area contributed by atoms with E-state index in [1.807, 2.05) is 37.3 Å². The van der Waals surface area contributed by atoms with Gasteiger partial charge in [-0.1, -0.05) is 35.3 Å². The number of benzene rings is 2. The molecule has 8 heteroatoms. The molecule has 2 atom stereocenters. The molecule has 31 heavy (non-hydrogen) atoms. The Balaban J connectivity index is 1.89. The third-order valence-electron chi connectivity index (χ3n) is 5.46. The molecule has 0 spiro atoms. The fraction of sp³-hybridized carbons (Fsp3) is 0.391. The predicted molar refractivity (Wildman–Crippen MR) is 123 cm³/mol. The van der Waals surface area contributed by atoms with Crippen LogP contribution >= 0.6 is 23.2 Å². The van der Waals surface area contributed by atoms with Crippen molar-refractivity contribution in [2.75, 3.05) is 37.6 Å². The molecular formula is C23H26Cl2N4O2. The van der Waals surface area contributed by atoms with E-state index < -0.39 is 5.60 Å². The van der Waals surface area contributed by atoms with Crippen LogP contribution in [0.4, 0.5) is 5.69 Å². The Hall–Kier alpha value is -2.30. The number of carbonyl (C=O) groups excluding carboxylic acids is 1. The summed E-state index contributed by atoms with van der Waals surface area (Å²) in [6.45, 7) is 5.93. The highest BCUT2D eigenvalue weighted by Crippen LogP contribution is 2.36. The number of piperazine rings is 1. The minimum absolute atomic E-state index is 0.0681. The average Bonchev–Trinajstić information content (AvgIpc) is 2.74. The van der Waals surface area contributed by atoms with Gasteiger partial charge in [0.25, 0.3) is 5.91 Å². The molecule has 6 nitrogen and oxygen atoms in total. The molecule has 2 aromatic rings. The van der Waals surface area contributed by atoms with Gasteiger partial charge in [0.05, 0.1) is 28.4 Å². The quantitative estimate of drug-likeness (QED) is 0.687. The topological polar surface area (TPSA) is 79.6 Å². The highest BCUT2D eigenvalue weighted by atomic mass is 35.5. The molecule has 1 aliphatic heterocycles. The van der Waals surface area contributed by atoms with Crippen molar-refractivity contribution in [3.05, 3.63) is 63.6 Å². The molecule has 1 heterocycles. The van der Waals surface area contributed by atoms with Crippen molar-refractivity contribution in [2.45, 2.75) is 25.5 Å². The van der Waals surface area contributed by atoms with E-state index in [1.165, 1.54) is 0 Å². The van der Waals surface area contributed by atoms with E-state index in [9.17, 15) is 9.90 Å². The first-order chi connectivity index (χ1) is 14.7. The zero-order valence-corrected chi connectivity index (χ0v) is 19.1. The molecule has 0 aromatic heterocycles. The Morgan fingerprint density at radius 2 is 1.97 bits per heavy atom. The van der Waals surface area contributed by atoms with Crippen LogP contribution in [0, 0.1) is 11.3 Å². The van der Waals surface area contributed by atoms with E-state index in [0.717, 1.165) is 11.3 Å². The lowest BCUT2D eigenvalue weighted by Gasteiger charge is -2.44. The summed E-state index contributed by atoms with van der Waals surface area (Å²) in [5.41, 5.74) is 0.908. The van der Waals surface area contributed by atoms with Crippen molar-refractivity contribution < 1.29 is 9.90 Å². The smallest absolute Gasteiger partial charge is 0.253 e. The SMILES string of the molecule is CCNC(=O)C(C)(O)CN1CCN(c2ccc(C#N)cc2Cl)[C@H](c2ccc(Cl)cc2)C1. The average molecular weight is 461 g/mol. The molecule has 2 N–H and O–H groups in total.